The van der Waals surface area contributed by atoms with E-state index in [2.05, 4.69) is 0 Å². The van der Waals surface area contributed by atoms with Gasteiger partial charge in [-0.3, -0.25) is 0 Å². The number of nitrogens with zero attached hydrogens (tertiary/aromatic N) is 2. The zero-order valence-electron chi connectivity index (χ0n) is 14.6. The predicted molar refractivity (Wildman–Crippen MR) is 94.1 cm³/mol. The summed E-state index contributed by atoms with van der Waals surface area (Å²) in [5, 5.41) is 47.6. The van der Waals surface area contributed by atoms with Crippen LogP contribution in [0.1, 0.15) is 7.43 Å². The average Bonchev–Trinajstić information content (AvgIpc) is 2.20. The molecule has 0 aliphatic heterocycles. The molecule has 0 saturated heterocycles. The van der Waals surface area contributed by atoms with Gasteiger partial charge in [0.05, 0.1) is 0 Å². The zero-order chi connectivity index (χ0) is 15.7. The number of carboxylic acid groups (broad SMARTS) is 4. The molecule has 0 radical (unpaired) electrons. The van der Waals surface area contributed by atoms with Crippen LogP contribution in [0.2, 0.25) is 0 Å². The first-order valence-corrected chi connectivity index (χ1v) is 2.94. The van der Waals surface area contributed by atoms with Crippen molar-refractivity contribution >= 4 is 23.9 Å². The van der Waals surface area contributed by atoms with Crippen LogP contribution in [-0.4, -0.2) is 44.3 Å². The summed E-state index contributed by atoms with van der Waals surface area (Å²) in [6.45, 7) is 0. The molecule has 16 heteroatoms. The van der Waals surface area contributed by atoms with E-state index in [1.165, 1.54) is 0 Å². The molecule has 0 spiro atoms. The van der Waals surface area contributed by atoms with E-state index in [1.807, 2.05) is 0 Å². The van der Waals surface area contributed by atoms with Gasteiger partial charge in [-0.05, 0) is 0 Å². The van der Waals surface area contributed by atoms with Crippen molar-refractivity contribution in [2.75, 3.05) is 0 Å². The van der Waals surface area contributed by atoms with E-state index in [-0.39, 0.29) is 94.1 Å². The van der Waals surface area contributed by atoms with E-state index in [0.29, 0.717) is 0 Å². The standard InChI is InChI=1S/2C2H2O4.CH4.6CH3.2HNO2.2Pt/c2*3-1(4)2(5)6;;;;;;;;2*2-1-3;;/h2*(H,3,4)(H,5,6);1H4;6*1H3;2*(H,2,3);;/q;;;6*-1;;;;/p-2. The third-order valence-corrected chi connectivity index (χ3v) is 0.366. The molecule has 0 aliphatic rings. The van der Waals surface area contributed by atoms with Crippen LogP contribution in [0.15, 0.2) is 10.7 Å². The molecule has 14 nitrogen and oxygen atoms in total. The van der Waals surface area contributed by atoms with Gasteiger partial charge < -0.3 is 85.2 Å². The Morgan fingerprint density at radius 3 is 0.556 bits per heavy atom. The van der Waals surface area contributed by atoms with Gasteiger partial charge in [-0.1, -0.05) is 7.43 Å². The third-order valence-electron chi connectivity index (χ3n) is 0.366. The first-order valence-electron chi connectivity index (χ1n) is 2.94. The fourth-order valence-corrected chi connectivity index (χ4v) is 0. The molecule has 4 N–H and O–H groups in total. The summed E-state index contributed by atoms with van der Waals surface area (Å²) in [6.07, 6.45) is 0. The molecule has 0 unspecified atom stereocenters. The van der Waals surface area contributed by atoms with Gasteiger partial charge in [-0.25, -0.2) is 19.2 Å². The summed E-state index contributed by atoms with van der Waals surface area (Å²) in [6, 6.07) is 0. The van der Waals surface area contributed by atoms with E-state index < -0.39 is 23.9 Å². The molecule has 0 amide bonds. The smallest absolute Gasteiger partial charge is 0.414 e. The van der Waals surface area contributed by atoms with Gasteiger partial charge in [0.15, 0.2) is 0 Å². The van der Waals surface area contributed by atoms with Crippen LogP contribution in [0.5, 0.6) is 0 Å². The van der Waals surface area contributed by atoms with Crippen molar-refractivity contribution in [3.63, 3.8) is 0 Å². The van der Waals surface area contributed by atoms with E-state index in [0.717, 1.165) is 10.7 Å². The fourth-order valence-electron chi connectivity index (χ4n) is 0. The molecule has 0 bridgehead atoms. The summed E-state index contributed by atoms with van der Waals surface area (Å²) in [4.78, 5) is 52.4. The molecule has 0 aromatic carbocycles. The van der Waals surface area contributed by atoms with Crippen molar-refractivity contribution < 1.29 is 81.7 Å². The topological polar surface area (TPSA) is 254 Å². The molecule has 0 fully saturated rings. The normalized spacial score (nSPS) is 4.15. The zero-order valence-corrected chi connectivity index (χ0v) is 19.1. The molecule has 0 saturated carbocycles. The monoisotopic (exact) mass is 768 g/mol. The van der Waals surface area contributed by atoms with Crippen molar-refractivity contribution in [2.24, 2.45) is 10.7 Å². The maximum Gasteiger partial charge on any atom is 0.414 e. The first kappa shape index (κ1) is 99.8. The summed E-state index contributed by atoms with van der Waals surface area (Å²) in [5.41, 5.74) is 0. The average molecular weight is 768 g/mol. The van der Waals surface area contributed by atoms with Crippen LogP contribution >= 0.6 is 0 Å². The minimum Gasteiger partial charge on any atom is -0.473 e. The Hall–Kier alpha value is -1.94. The Kier molecular flexibility index (Phi) is 325. The van der Waals surface area contributed by atoms with E-state index >= 15 is 0 Å². The molecule has 0 heterocycles. The van der Waals surface area contributed by atoms with Gasteiger partial charge in [0, 0.05) is 42.1 Å². The molecular formula is C11H26N2O12Pt2-8. The van der Waals surface area contributed by atoms with Crippen LogP contribution in [-0.2, 0) is 61.3 Å². The molecule has 0 aliphatic carbocycles. The van der Waals surface area contributed by atoms with Gasteiger partial charge in [-0.15, -0.1) is 10.7 Å². The second-order valence-corrected chi connectivity index (χ2v) is 1.37. The number of hydrogen-bond donors (Lipinski definition) is 4. The number of carbonyl (C=O) groups is 4. The molecule has 0 aromatic heterocycles. The summed E-state index contributed by atoms with van der Waals surface area (Å²) in [5.74, 6) is -7.30. The van der Waals surface area contributed by atoms with Crippen molar-refractivity contribution in [1.29, 1.82) is 0 Å². The molecule has 0 aromatic rings. The Morgan fingerprint density at radius 2 is 0.556 bits per heavy atom. The van der Waals surface area contributed by atoms with Crippen molar-refractivity contribution in [1.82, 2.24) is 0 Å². The van der Waals surface area contributed by atoms with Crippen LogP contribution in [0.3, 0.4) is 0 Å². The summed E-state index contributed by atoms with van der Waals surface area (Å²) < 4.78 is 0. The van der Waals surface area contributed by atoms with Crippen molar-refractivity contribution in [3.8, 4) is 0 Å². The van der Waals surface area contributed by atoms with Crippen LogP contribution in [0, 0.1) is 64.8 Å². The van der Waals surface area contributed by atoms with Gasteiger partial charge in [-0.2, -0.15) is 0 Å². The van der Waals surface area contributed by atoms with Crippen molar-refractivity contribution in [2.45, 2.75) is 7.43 Å². The summed E-state index contributed by atoms with van der Waals surface area (Å²) >= 11 is 0. The first-order chi connectivity index (χ1) is 8.11. The largest absolute Gasteiger partial charge is 0.473 e. The maximum atomic E-state index is 9.10. The maximum absolute atomic E-state index is 9.10. The van der Waals surface area contributed by atoms with E-state index in [1.54, 1.807) is 0 Å². The fraction of sp³-hybridized carbons (Fsp3) is 0.0909. The van der Waals surface area contributed by atoms with E-state index in [9.17, 15) is 0 Å². The van der Waals surface area contributed by atoms with Gasteiger partial charge in [0.2, 0.25) is 0 Å². The Balaban J connectivity index is -0.00000000818. The molecule has 0 atom stereocenters. The third kappa shape index (κ3) is 319. The second kappa shape index (κ2) is 88.0. The Bertz CT molecular complexity index is 264. The number of rotatable bonds is 0. The number of hydrogen-bond acceptors (Lipinski definition) is 10. The number of aliphatic carboxylic acids is 4. The van der Waals surface area contributed by atoms with Crippen molar-refractivity contribution in [3.05, 3.63) is 64.8 Å². The summed E-state index contributed by atoms with van der Waals surface area (Å²) in [7, 11) is 0. The van der Waals surface area contributed by atoms with Crippen LogP contribution < -0.4 is 0 Å². The van der Waals surface area contributed by atoms with Gasteiger partial charge >= 0.3 is 23.9 Å². The molecular weight excluding hydrogens is 742 g/mol. The quantitative estimate of drug-likeness (QED) is 0.120. The SMILES string of the molecule is C.O=C(O)C(=O)O.O=C(O)C(=O)O.O=N[O-].O=N[O-].[CH3-].[CH3-].[CH3-].[CH3-].[CH3-].[CH3-].[Pt].[Pt]. The van der Waals surface area contributed by atoms with E-state index in [4.69, 9.17) is 59.8 Å². The molecule has 180 valence electrons. The predicted octanol–water partition coefficient (Wildman–Crippen LogP) is 2.15. The minimum atomic E-state index is -1.82. The molecule has 0 rings (SSSR count). The van der Waals surface area contributed by atoms with Gasteiger partial charge in [0.25, 0.3) is 0 Å². The Labute approximate surface area is 188 Å². The van der Waals surface area contributed by atoms with Crippen LogP contribution in [0.4, 0.5) is 0 Å². The van der Waals surface area contributed by atoms with Crippen LogP contribution in [0.25, 0.3) is 0 Å². The van der Waals surface area contributed by atoms with Gasteiger partial charge in [0.1, 0.15) is 0 Å². The number of carboxylic acids is 4. The minimum absolute atomic E-state index is 0. The molecule has 27 heavy (non-hydrogen) atoms. The second-order valence-electron chi connectivity index (χ2n) is 1.37. The Morgan fingerprint density at radius 1 is 0.519 bits per heavy atom.